The zero-order valence-electron chi connectivity index (χ0n) is 11.1. The van der Waals surface area contributed by atoms with E-state index >= 15 is 0 Å². The van der Waals surface area contributed by atoms with Gasteiger partial charge in [0.15, 0.2) is 0 Å². The molecule has 0 spiro atoms. The van der Waals surface area contributed by atoms with Crippen molar-refractivity contribution in [1.29, 1.82) is 0 Å². The summed E-state index contributed by atoms with van der Waals surface area (Å²) in [4.78, 5) is 15.6. The average Bonchev–Trinajstić information content (AvgIpc) is 2.66. The first-order valence-electron chi connectivity index (χ1n) is 5.83. The maximum absolute atomic E-state index is 11.7. The minimum atomic E-state index is -0.288. The van der Waals surface area contributed by atoms with E-state index in [1.54, 1.807) is 29.2 Å². The molecule has 0 fully saturated rings. The van der Waals surface area contributed by atoms with E-state index in [0.717, 1.165) is 17.0 Å². The SMILES string of the molecule is Cc1nn(C)c(C)c1/C=N\NC(=O)c1cccnc1. The first-order valence-corrected chi connectivity index (χ1v) is 5.83. The predicted molar refractivity (Wildman–Crippen MR) is 72.0 cm³/mol. The van der Waals surface area contributed by atoms with Crippen molar-refractivity contribution in [3.63, 3.8) is 0 Å². The van der Waals surface area contributed by atoms with E-state index in [-0.39, 0.29) is 5.91 Å². The van der Waals surface area contributed by atoms with E-state index < -0.39 is 0 Å². The van der Waals surface area contributed by atoms with Crippen LogP contribution in [0.25, 0.3) is 0 Å². The quantitative estimate of drug-likeness (QED) is 0.663. The fourth-order valence-electron chi connectivity index (χ4n) is 1.69. The summed E-state index contributed by atoms with van der Waals surface area (Å²) >= 11 is 0. The summed E-state index contributed by atoms with van der Waals surface area (Å²) in [7, 11) is 1.87. The molecule has 1 N–H and O–H groups in total. The number of aryl methyl sites for hydroxylation is 2. The van der Waals surface area contributed by atoms with E-state index in [1.165, 1.54) is 6.20 Å². The molecule has 6 heteroatoms. The molecule has 0 saturated heterocycles. The van der Waals surface area contributed by atoms with Gasteiger partial charge in [0, 0.05) is 30.7 Å². The van der Waals surface area contributed by atoms with Gasteiger partial charge in [0.2, 0.25) is 0 Å². The Labute approximate surface area is 111 Å². The van der Waals surface area contributed by atoms with Gasteiger partial charge in [0.1, 0.15) is 0 Å². The van der Waals surface area contributed by atoms with Gasteiger partial charge in [-0.05, 0) is 26.0 Å². The number of rotatable bonds is 3. The van der Waals surface area contributed by atoms with Crippen LogP contribution in [-0.4, -0.2) is 26.9 Å². The highest BCUT2D eigenvalue weighted by molar-refractivity contribution is 5.94. The number of nitrogens with zero attached hydrogens (tertiary/aromatic N) is 4. The van der Waals surface area contributed by atoms with E-state index in [1.807, 2.05) is 20.9 Å². The van der Waals surface area contributed by atoms with Crippen molar-refractivity contribution in [1.82, 2.24) is 20.2 Å². The molecule has 0 atom stereocenters. The maximum Gasteiger partial charge on any atom is 0.272 e. The number of carbonyl (C=O) groups excluding carboxylic acids is 1. The molecule has 0 aliphatic carbocycles. The van der Waals surface area contributed by atoms with Crippen LogP contribution in [0.1, 0.15) is 27.3 Å². The third-order valence-electron chi connectivity index (χ3n) is 2.85. The molecule has 6 nitrogen and oxygen atoms in total. The van der Waals surface area contributed by atoms with Crippen LogP contribution in [0.4, 0.5) is 0 Å². The minimum absolute atomic E-state index is 0.288. The second-order valence-electron chi connectivity index (χ2n) is 4.15. The highest BCUT2D eigenvalue weighted by Gasteiger charge is 2.07. The Kier molecular flexibility index (Phi) is 3.70. The van der Waals surface area contributed by atoms with Gasteiger partial charge in [-0.1, -0.05) is 0 Å². The second kappa shape index (κ2) is 5.43. The molecule has 2 aromatic heterocycles. The Morgan fingerprint density at radius 1 is 1.47 bits per heavy atom. The van der Waals surface area contributed by atoms with Crippen LogP contribution in [-0.2, 0) is 7.05 Å². The van der Waals surface area contributed by atoms with Gasteiger partial charge < -0.3 is 0 Å². The average molecular weight is 257 g/mol. The van der Waals surface area contributed by atoms with Gasteiger partial charge in [0.25, 0.3) is 5.91 Å². The number of aromatic nitrogens is 3. The lowest BCUT2D eigenvalue weighted by Crippen LogP contribution is -2.17. The molecule has 2 aromatic rings. The Morgan fingerprint density at radius 2 is 2.26 bits per heavy atom. The third-order valence-corrected chi connectivity index (χ3v) is 2.85. The molecule has 0 aromatic carbocycles. The van der Waals surface area contributed by atoms with Gasteiger partial charge in [0.05, 0.1) is 17.5 Å². The van der Waals surface area contributed by atoms with Crippen LogP contribution >= 0.6 is 0 Å². The summed E-state index contributed by atoms with van der Waals surface area (Å²) in [5, 5.41) is 8.22. The van der Waals surface area contributed by atoms with Crippen LogP contribution in [0.5, 0.6) is 0 Å². The number of nitrogens with one attached hydrogen (secondary N) is 1. The van der Waals surface area contributed by atoms with Gasteiger partial charge in [-0.3, -0.25) is 14.5 Å². The lowest BCUT2D eigenvalue weighted by atomic mass is 10.2. The molecule has 2 heterocycles. The van der Waals surface area contributed by atoms with Crippen molar-refractivity contribution < 1.29 is 4.79 Å². The fraction of sp³-hybridized carbons (Fsp3) is 0.231. The highest BCUT2D eigenvalue weighted by atomic mass is 16.2. The zero-order valence-corrected chi connectivity index (χ0v) is 11.1. The summed E-state index contributed by atoms with van der Waals surface area (Å²) in [6, 6.07) is 3.38. The van der Waals surface area contributed by atoms with E-state index in [0.29, 0.717) is 5.56 Å². The molecule has 1 amide bonds. The number of hydrogen-bond donors (Lipinski definition) is 1. The van der Waals surface area contributed by atoms with Crippen molar-refractivity contribution in [3.05, 3.63) is 47.0 Å². The second-order valence-corrected chi connectivity index (χ2v) is 4.15. The smallest absolute Gasteiger partial charge is 0.272 e. The molecular weight excluding hydrogens is 242 g/mol. The van der Waals surface area contributed by atoms with Gasteiger partial charge >= 0.3 is 0 Å². The van der Waals surface area contributed by atoms with Crippen molar-refractivity contribution in [2.75, 3.05) is 0 Å². The van der Waals surface area contributed by atoms with Gasteiger partial charge in [-0.2, -0.15) is 10.2 Å². The lowest BCUT2D eigenvalue weighted by Gasteiger charge is -1.98. The summed E-state index contributed by atoms with van der Waals surface area (Å²) in [6.45, 7) is 3.85. The van der Waals surface area contributed by atoms with E-state index in [9.17, 15) is 4.79 Å². The van der Waals surface area contributed by atoms with Crippen molar-refractivity contribution in [2.24, 2.45) is 12.1 Å². The van der Waals surface area contributed by atoms with E-state index in [4.69, 9.17) is 0 Å². The molecule has 0 aliphatic rings. The summed E-state index contributed by atoms with van der Waals surface area (Å²) in [6.07, 6.45) is 4.71. The number of carbonyl (C=O) groups is 1. The largest absolute Gasteiger partial charge is 0.272 e. The maximum atomic E-state index is 11.7. The Bertz CT molecular complexity index is 615. The van der Waals surface area contributed by atoms with E-state index in [2.05, 4.69) is 20.6 Å². The summed E-state index contributed by atoms with van der Waals surface area (Å²) < 4.78 is 1.78. The van der Waals surface area contributed by atoms with Crippen LogP contribution < -0.4 is 5.43 Å². The molecule has 0 saturated carbocycles. The molecular formula is C13H15N5O. The van der Waals surface area contributed by atoms with Crippen LogP contribution in [0.15, 0.2) is 29.6 Å². The Balaban J connectivity index is 2.07. The molecule has 0 bridgehead atoms. The molecule has 0 unspecified atom stereocenters. The molecule has 0 aliphatic heterocycles. The topological polar surface area (TPSA) is 72.2 Å². The molecule has 0 radical (unpaired) electrons. The summed E-state index contributed by atoms with van der Waals surface area (Å²) in [5.41, 5.74) is 5.72. The first-order chi connectivity index (χ1) is 9.09. The number of amides is 1. The lowest BCUT2D eigenvalue weighted by molar-refractivity contribution is 0.0955. The minimum Gasteiger partial charge on any atom is -0.272 e. The molecule has 2 rings (SSSR count). The highest BCUT2D eigenvalue weighted by Crippen LogP contribution is 2.08. The van der Waals surface area contributed by atoms with Crippen molar-refractivity contribution in [3.8, 4) is 0 Å². The number of hydrogen-bond acceptors (Lipinski definition) is 4. The normalized spacial score (nSPS) is 10.9. The zero-order chi connectivity index (χ0) is 13.8. The molecule has 98 valence electrons. The van der Waals surface area contributed by atoms with Crippen molar-refractivity contribution in [2.45, 2.75) is 13.8 Å². The monoisotopic (exact) mass is 257 g/mol. The number of hydrazone groups is 1. The Hall–Kier alpha value is -2.50. The summed E-state index contributed by atoms with van der Waals surface area (Å²) in [5.74, 6) is -0.288. The van der Waals surface area contributed by atoms with Crippen LogP contribution in [0.3, 0.4) is 0 Å². The van der Waals surface area contributed by atoms with Crippen LogP contribution in [0.2, 0.25) is 0 Å². The fourth-order valence-corrected chi connectivity index (χ4v) is 1.69. The standard InChI is InChI=1S/C13H15N5O/c1-9-12(10(2)18(3)17-9)8-15-16-13(19)11-5-4-6-14-7-11/h4-8H,1-3H3,(H,16,19)/b15-8-. The van der Waals surface area contributed by atoms with Crippen LogP contribution in [0, 0.1) is 13.8 Å². The van der Waals surface area contributed by atoms with Gasteiger partial charge in [-0.15, -0.1) is 0 Å². The first kappa shape index (κ1) is 12.9. The third kappa shape index (κ3) is 2.85. The van der Waals surface area contributed by atoms with Crippen molar-refractivity contribution >= 4 is 12.1 Å². The Morgan fingerprint density at radius 3 is 2.84 bits per heavy atom. The number of pyridine rings is 1. The molecule has 19 heavy (non-hydrogen) atoms. The predicted octanol–water partition coefficient (Wildman–Crippen LogP) is 1.20. The van der Waals surface area contributed by atoms with Gasteiger partial charge in [-0.25, -0.2) is 5.43 Å².